The van der Waals surface area contributed by atoms with Crippen LogP contribution in [0, 0.1) is 19.8 Å². The summed E-state index contributed by atoms with van der Waals surface area (Å²) in [5.74, 6) is 0.566. The molecule has 6 heteroatoms. The number of carbonyl (C=O) groups excluding carboxylic acids is 2. The van der Waals surface area contributed by atoms with Crippen molar-refractivity contribution in [1.82, 2.24) is 10.2 Å². The molecule has 5 nitrogen and oxygen atoms in total. The minimum absolute atomic E-state index is 0.130. The van der Waals surface area contributed by atoms with E-state index in [-0.39, 0.29) is 18.4 Å². The van der Waals surface area contributed by atoms with E-state index in [4.69, 9.17) is 4.74 Å². The van der Waals surface area contributed by atoms with Gasteiger partial charge in [-0.15, -0.1) is 0 Å². The highest BCUT2D eigenvalue weighted by Gasteiger charge is 2.26. The summed E-state index contributed by atoms with van der Waals surface area (Å²) in [6.45, 7) is 10.6. The van der Waals surface area contributed by atoms with Crippen LogP contribution in [0.15, 0.2) is 46.9 Å². The van der Waals surface area contributed by atoms with Gasteiger partial charge in [0.05, 0.1) is 0 Å². The van der Waals surface area contributed by atoms with Crippen LogP contribution in [0.2, 0.25) is 0 Å². The summed E-state index contributed by atoms with van der Waals surface area (Å²) in [5.41, 5.74) is 3.11. The van der Waals surface area contributed by atoms with Crippen molar-refractivity contribution in [1.29, 1.82) is 0 Å². The first-order valence-electron chi connectivity index (χ1n) is 10.2. The Hall–Kier alpha value is -2.34. The Bertz CT molecular complexity index is 883. The first-order valence-corrected chi connectivity index (χ1v) is 11.0. The summed E-state index contributed by atoms with van der Waals surface area (Å²) >= 11 is 3.46. The maximum absolute atomic E-state index is 13.1. The summed E-state index contributed by atoms with van der Waals surface area (Å²) in [5, 5.41) is 2.92. The number of amides is 2. The van der Waals surface area contributed by atoms with Gasteiger partial charge in [0.25, 0.3) is 5.91 Å². The van der Waals surface area contributed by atoms with Gasteiger partial charge < -0.3 is 15.0 Å². The molecule has 2 amide bonds. The van der Waals surface area contributed by atoms with E-state index in [2.05, 4.69) is 21.2 Å². The third kappa shape index (κ3) is 7.17. The Morgan fingerprint density at radius 2 is 1.83 bits per heavy atom. The molecule has 0 saturated carbocycles. The molecule has 162 valence electrons. The zero-order valence-corrected chi connectivity index (χ0v) is 20.0. The Morgan fingerprint density at radius 1 is 1.10 bits per heavy atom. The van der Waals surface area contributed by atoms with E-state index < -0.39 is 6.04 Å². The summed E-state index contributed by atoms with van der Waals surface area (Å²) in [6, 6.07) is 12.9. The van der Waals surface area contributed by atoms with Crippen molar-refractivity contribution in [3.8, 4) is 5.75 Å². The molecular weight excluding hydrogens is 444 g/mol. The fourth-order valence-corrected chi connectivity index (χ4v) is 3.22. The van der Waals surface area contributed by atoms with E-state index in [0.29, 0.717) is 24.8 Å². The highest BCUT2D eigenvalue weighted by molar-refractivity contribution is 9.10. The van der Waals surface area contributed by atoms with E-state index in [1.807, 2.05) is 70.2 Å². The van der Waals surface area contributed by atoms with Crippen molar-refractivity contribution in [2.75, 3.05) is 13.2 Å². The molecule has 0 radical (unpaired) electrons. The second-order valence-electron chi connectivity index (χ2n) is 8.03. The molecule has 2 aromatic rings. The van der Waals surface area contributed by atoms with Crippen LogP contribution in [0.3, 0.4) is 0 Å². The van der Waals surface area contributed by atoms with Crippen LogP contribution in [-0.2, 0) is 16.1 Å². The van der Waals surface area contributed by atoms with E-state index in [1.165, 1.54) is 0 Å². The van der Waals surface area contributed by atoms with Gasteiger partial charge in [-0.3, -0.25) is 9.59 Å². The molecule has 30 heavy (non-hydrogen) atoms. The largest absolute Gasteiger partial charge is 0.484 e. The lowest BCUT2D eigenvalue weighted by atomic mass is 10.1. The number of nitrogens with one attached hydrogen (secondary N) is 1. The van der Waals surface area contributed by atoms with Gasteiger partial charge in [-0.2, -0.15) is 0 Å². The molecule has 1 N–H and O–H groups in total. The Morgan fingerprint density at radius 3 is 2.47 bits per heavy atom. The van der Waals surface area contributed by atoms with Gasteiger partial charge in [0.1, 0.15) is 11.8 Å². The minimum Gasteiger partial charge on any atom is -0.484 e. The number of hydrogen-bond acceptors (Lipinski definition) is 3. The lowest BCUT2D eigenvalue weighted by Gasteiger charge is -2.29. The van der Waals surface area contributed by atoms with Gasteiger partial charge in [-0.25, -0.2) is 0 Å². The quantitative estimate of drug-likeness (QED) is 0.575. The zero-order chi connectivity index (χ0) is 22.3. The van der Waals surface area contributed by atoms with E-state index in [1.54, 1.807) is 11.8 Å². The second kappa shape index (κ2) is 11.2. The fourth-order valence-electron chi connectivity index (χ4n) is 2.98. The number of halogens is 1. The number of aryl methyl sites for hydroxylation is 2. The summed E-state index contributed by atoms with van der Waals surface area (Å²) < 4.78 is 6.71. The van der Waals surface area contributed by atoms with Gasteiger partial charge in [-0.05, 0) is 56.0 Å². The number of ether oxygens (including phenoxy) is 1. The molecule has 0 saturated heterocycles. The van der Waals surface area contributed by atoms with Crippen molar-refractivity contribution in [3.05, 3.63) is 63.6 Å². The molecule has 0 fully saturated rings. The lowest BCUT2D eigenvalue weighted by Crippen LogP contribution is -2.49. The standard InChI is InChI=1S/C24H31BrN2O3/c1-16(2)13-26-24(29)19(5)27(14-20-8-6-7-17(3)11-20)23(28)15-30-21-9-10-22(25)18(4)12-21/h6-12,16,19H,13-15H2,1-5H3,(H,26,29). The Labute approximate surface area is 187 Å². The van der Waals surface area contributed by atoms with Crippen LogP contribution >= 0.6 is 15.9 Å². The predicted molar refractivity (Wildman–Crippen MR) is 123 cm³/mol. The van der Waals surface area contributed by atoms with Crippen molar-refractivity contribution >= 4 is 27.7 Å². The van der Waals surface area contributed by atoms with Gasteiger partial charge >= 0.3 is 0 Å². The Kier molecular flexibility index (Phi) is 8.90. The summed E-state index contributed by atoms with van der Waals surface area (Å²) in [6.07, 6.45) is 0. The highest BCUT2D eigenvalue weighted by Crippen LogP contribution is 2.22. The molecule has 1 unspecified atom stereocenters. The second-order valence-corrected chi connectivity index (χ2v) is 8.88. The smallest absolute Gasteiger partial charge is 0.261 e. The first kappa shape index (κ1) is 23.9. The van der Waals surface area contributed by atoms with Crippen LogP contribution in [-0.4, -0.2) is 35.9 Å². The molecule has 2 rings (SSSR count). The Balaban J connectivity index is 2.14. The lowest BCUT2D eigenvalue weighted by molar-refractivity contribution is -0.142. The van der Waals surface area contributed by atoms with Crippen molar-refractivity contribution in [2.24, 2.45) is 5.92 Å². The van der Waals surface area contributed by atoms with Crippen LogP contribution < -0.4 is 10.1 Å². The molecule has 2 aromatic carbocycles. The van der Waals surface area contributed by atoms with Crippen LogP contribution in [0.25, 0.3) is 0 Å². The predicted octanol–water partition coefficient (Wildman–Crippen LogP) is 4.63. The monoisotopic (exact) mass is 474 g/mol. The van der Waals surface area contributed by atoms with Gasteiger partial charge in [0.15, 0.2) is 6.61 Å². The van der Waals surface area contributed by atoms with Gasteiger partial charge in [0.2, 0.25) is 5.91 Å². The van der Waals surface area contributed by atoms with Crippen molar-refractivity contribution < 1.29 is 14.3 Å². The van der Waals surface area contributed by atoms with Gasteiger partial charge in [0, 0.05) is 17.6 Å². The molecule has 0 aliphatic heterocycles. The summed E-state index contributed by atoms with van der Waals surface area (Å²) in [7, 11) is 0. The number of nitrogens with zero attached hydrogens (tertiary/aromatic N) is 1. The van der Waals surface area contributed by atoms with Crippen LogP contribution in [0.4, 0.5) is 0 Å². The normalized spacial score (nSPS) is 11.8. The molecule has 1 atom stereocenters. The first-order chi connectivity index (χ1) is 14.2. The molecule has 0 aromatic heterocycles. The fraction of sp³-hybridized carbons (Fsp3) is 0.417. The maximum atomic E-state index is 13.1. The maximum Gasteiger partial charge on any atom is 0.261 e. The van der Waals surface area contributed by atoms with E-state index in [9.17, 15) is 9.59 Å². The summed E-state index contributed by atoms with van der Waals surface area (Å²) in [4.78, 5) is 27.3. The van der Waals surface area contributed by atoms with E-state index >= 15 is 0 Å². The average Bonchev–Trinajstić information content (AvgIpc) is 2.70. The average molecular weight is 475 g/mol. The highest BCUT2D eigenvalue weighted by atomic mass is 79.9. The van der Waals surface area contributed by atoms with Crippen molar-refractivity contribution in [2.45, 2.75) is 47.2 Å². The topological polar surface area (TPSA) is 58.6 Å². The number of benzene rings is 2. The molecule has 0 bridgehead atoms. The van der Waals surface area contributed by atoms with Crippen LogP contribution in [0.5, 0.6) is 5.75 Å². The van der Waals surface area contributed by atoms with Crippen molar-refractivity contribution in [3.63, 3.8) is 0 Å². The van der Waals surface area contributed by atoms with E-state index in [0.717, 1.165) is 21.2 Å². The molecular formula is C24H31BrN2O3. The third-order valence-corrected chi connectivity index (χ3v) is 5.67. The molecule has 0 aliphatic carbocycles. The molecule has 0 aliphatic rings. The number of rotatable bonds is 9. The SMILES string of the molecule is Cc1cccc(CN(C(=O)COc2ccc(Br)c(C)c2)C(C)C(=O)NCC(C)C)c1. The molecule has 0 spiro atoms. The van der Waals surface area contributed by atoms with Gasteiger partial charge in [-0.1, -0.05) is 59.6 Å². The molecule has 0 heterocycles. The van der Waals surface area contributed by atoms with Crippen LogP contribution in [0.1, 0.15) is 37.5 Å². The zero-order valence-electron chi connectivity index (χ0n) is 18.4. The number of hydrogen-bond donors (Lipinski definition) is 1. The third-order valence-electron chi connectivity index (χ3n) is 4.78. The number of carbonyl (C=O) groups is 2. The minimum atomic E-state index is -0.605.